The molecule has 0 spiro atoms. The van der Waals surface area contributed by atoms with Gasteiger partial charge in [-0.2, -0.15) is 0 Å². The number of hydrogen-bond donors (Lipinski definition) is 1. The number of hydrogen-bond acceptors (Lipinski definition) is 7. The van der Waals surface area contributed by atoms with Gasteiger partial charge in [0.25, 0.3) is 11.6 Å². The summed E-state index contributed by atoms with van der Waals surface area (Å²) in [5.74, 6) is 1.09. The number of rotatable bonds is 6. The van der Waals surface area contributed by atoms with Gasteiger partial charge < -0.3 is 19.7 Å². The average Bonchev–Trinajstić information content (AvgIpc) is 3.23. The Labute approximate surface area is 174 Å². The molecule has 0 saturated carbocycles. The summed E-state index contributed by atoms with van der Waals surface area (Å²) < 4.78 is 10.9. The van der Waals surface area contributed by atoms with Crippen molar-refractivity contribution >= 4 is 11.6 Å². The van der Waals surface area contributed by atoms with Crippen LogP contribution in [-0.4, -0.2) is 67.2 Å². The van der Waals surface area contributed by atoms with Crippen molar-refractivity contribution in [3.63, 3.8) is 0 Å². The van der Waals surface area contributed by atoms with E-state index < -0.39 is 4.92 Å². The number of nitro benzene ring substituents is 1. The molecular formula is C21H24N4O5. The van der Waals surface area contributed by atoms with Gasteiger partial charge in [-0.25, -0.2) is 0 Å². The first-order chi connectivity index (χ1) is 14.5. The Morgan fingerprint density at radius 1 is 1.13 bits per heavy atom. The molecule has 9 nitrogen and oxygen atoms in total. The Hall–Kier alpha value is -3.17. The summed E-state index contributed by atoms with van der Waals surface area (Å²) in [4.78, 5) is 27.8. The van der Waals surface area contributed by atoms with Crippen LogP contribution in [0.25, 0.3) is 0 Å². The molecule has 2 aromatic rings. The fourth-order valence-corrected chi connectivity index (χ4v) is 3.76. The number of non-ortho nitro benzene ring substituents is 1. The average molecular weight is 412 g/mol. The number of carbonyl (C=O) groups excluding carboxylic acids is 1. The highest BCUT2D eigenvalue weighted by Crippen LogP contribution is 2.35. The lowest BCUT2D eigenvalue weighted by atomic mass is 10.0. The van der Waals surface area contributed by atoms with E-state index in [0.717, 1.165) is 37.5 Å². The molecule has 0 aromatic heterocycles. The van der Waals surface area contributed by atoms with E-state index in [9.17, 15) is 14.9 Å². The van der Waals surface area contributed by atoms with Crippen LogP contribution in [0.3, 0.4) is 0 Å². The number of benzene rings is 2. The summed E-state index contributed by atoms with van der Waals surface area (Å²) in [5, 5.41) is 13.9. The van der Waals surface area contributed by atoms with Crippen LogP contribution < -0.4 is 14.8 Å². The summed E-state index contributed by atoms with van der Waals surface area (Å²) in [5.41, 5.74) is 1.20. The maximum atomic E-state index is 12.7. The van der Waals surface area contributed by atoms with Crippen LogP contribution >= 0.6 is 0 Å². The standard InChI is InChI=1S/C21H24N4O5/c1-23-7-9-24(10-8-23)18(15-5-6-19-20(12-15)30-14-29-19)13-22-21(26)16-3-2-4-17(11-16)25(27)28/h2-6,11-12,18H,7-10,13-14H2,1H3,(H,22,26). The Balaban J connectivity index is 1.52. The quantitative estimate of drug-likeness (QED) is 0.573. The number of nitro groups is 1. The highest BCUT2D eigenvalue weighted by atomic mass is 16.7. The van der Waals surface area contributed by atoms with Crippen molar-refractivity contribution in [2.24, 2.45) is 0 Å². The van der Waals surface area contributed by atoms with Gasteiger partial charge in [0.05, 0.1) is 11.0 Å². The van der Waals surface area contributed by atoms with Crippen molar-refractivity contribution in [2.45, 2.75) is 6.04 Å². The molecule has 1 saturated heterocycles. The zero-order chi connectivity index (χ0) is 21.1. The monoisotopic (exact) mass is 412 g/mol. The molecule has 158 valence electrons. The fraction of sp³-hybridized carbons (Fsp3) is 0.381. The maximum absolute atomic E-state index is 12.7. The van der Waals surface area contributed by atoms with Gasteiger partial charge in [0, 0.05) is 50.4 Å². The highest BCUT2D eigenvalue weighted by Gasteiger charge is 2.26. The minimum absolute atomic E-state index is 0.0455. The number of ether oxygens (including phenoxy) is 2. The largest absolute Gasteiger partial charge is 0.454 e. The SMILES string of the molecule is CN1CCN(C(CNC(=O)c2cccc([N+](=O)[O-])c2)c2ccc3c(c2)OCO3)CC1. The van der Waals surface area contributed by atoms with Gasteiger partial charge in [-0.3, -0.25) is 19.8 Å². The molecule has 4 rings (SSSR count). The van der Waals surface area contributed by atoms with E-state index in [0.29, 0.717) is 12.3 Å². The molecule has 1 atom stereocenters. The van der Waals surface area contributed by atoms with E-state index in [4.69, 9.17) is 9.47 Å². The van der Waals surface area contributed by atoms with Crippen LogP contribution in [-0.2, 0) is 0 Å². The molecule has 30 heavy (non-hydrogen) atoms. The lowest BCUT2D eigenvalue weighted by Gasteiger charge is -2.38. The first-order valence-corrected chi connectivity index (χ1v) is 9.86. The van der Waals surface area contributed by atoms with Crippen LogP contribution in [0.15, 0.2) is 42.5 Å². The minimum atomic E-state index is -0.504. The fourth-order valence-electron chi connectivity index (χ4n) is 3.76. The van der Waals surface area contributed by atoms with Gasteiger partial charge in [0.1, 0.15) is 0 Å². The summed E-state index contributed by atoms with van der Waals surface area (Å²) in [7, 11) is 2.09. The van der Waals surface area contributed by atoms with Gasteiger partial charge in [0.15, 0.2) is 11.5 Å². The topological polar surface area (TPSA) is 97.2 Å². The molecule has 0 bridgehead atoms. The van der Waals surface area contributed by atoms with Crippen LogP contribution in [0, 0.1) is 10.1 Å². The summed E-state index contributed by atoms with van der Waals surface area (Å²) in [6.07, 6.45) is 0. The third kappa shape index (κ3) is 4.37. The molecule has 1 fully saturated rings. The lowest BCUT2D eigenvalue weighted by Crippen LogP contribution is -2.48. The van der Waals surface area contributed by atoms with Crippen molar-refractivity contribution in [3.05, 3.63) is 63.7 Å². The van der Waals surface area contributed by atoms with E-state index in [1.807, 2.05) is 18.2 Å². The molecule has 1 N–H and O–H groups in total. The van der Waals surface area contributed by atoms with Crippen LogP contribution in [0.4, 0.5) is 5.69 Å². The van der Waals surface area contributed by atoms with Gasteiger partial charge in [0.2, 0.25) is 6.79 Å². The number of fused-ring (bicyclic) bond motifs is 1. The Bertz CT molecular complexity index is 943. The molecule has 0 aliphatic carbocycles. The second-order valence-corrected chi connectivity index (χ2v) is 7.49. The second kappa shape index (κ2) is 8.68. The molecule has 2 aliphatic rings. The van der Waals surface area contributed by atoms with Gasteiger partial charge in [-0.1, -0.05) is 12.1 Å². The van der Waals surface area contributed by atoms with Crippen LogP contribution in [0.1, 0.15) is 22.0 Å². The third-order valence-corrected chi connectivity index (χ3v) is 5.54. The van der Waals surface area contributed by atoms with Crippen LogP contribution in [0.5, 0.6) is 11.5 Å². The number of piperazine rings is 1. The van der Waals surface area contributed by atoms with Crippen molar-refractivity contribution in [2.75, 3.05) is 46.6 Å². The predicted molar refractivity (Wildman–Crippen MR) is 110 cm³/mol. The van der Waals surface area contributed by atoms with E-state index in [1.54, 1.807) is 6.07 Å². The zero-order valence-electron chi connectivity index (χ0n) is 16.7. The predicted octanol–water partition coefficient (Wildman–Crippen LogP) is 2.04. The molecule has 1 amide bonds. The van der Waals surface area contributed by atoms with Gasteiger partial charge >= 0.3 is 0 Å². The van der Waals surface area contributed by atoms with E-state index in [-0.39, 0.29) is 30.0 Å². The maximum Gasteiger partial charge on any atom is 0.270 e. The van der Waals surface area contributed by atoms with E-state index >= 15 is 0 Å². The normalized spacial score (nSPS) is 17.5. The summed E-state index contributed by atoms with van der Waals surface area (Å²) in [6.45, 7) is 4.23. The molecule has 1 unspecified atom stereocenters. The van der Waals surface area contributed by atoms with Crippen molar-refractivity contribution in [3.8, 4) is 11.5 Å². The lowest BCUT2D eigenvalue weighted by molar-refractivity contribution is -0.384. The van der Waals surface area contributed by atoms with Crippen molar-refractivity contribution in [1.29, 1.82) is 0 Å². The van der Waals surface area contributed by atoms with Crippen molar-refractivity contribution in [1.82, 2.24) is 15.1 Å². The Morgan fingerprint density at radius 2 is 1.90 bits per heavy atom. The summed E-state index contributed by atoms with van der Waals surface area (Å²) >= 11 is 0. The third-order valence-electron chi connectivity index (χ3n) is 5.54. The first-order valence-electron chi connectivity index (χ1n) is 9.86. The molecule has 2 heterocycles. The first kappa shape index (κ1) is 20.1. The molecular weight excluding hydrogens is 388 g/mol. The second-order valence-electron chi connectivity index (χ2n) is 7.49. The molecule has 2 aromatic carbocycles. The van der Waals surface area contributed by atoms with Crippen molar-refractivity contribution < 1.29 is 19.2 Å². The Kier molecular flexibility index (Phi) is 5.82. The van der Waals surface area contributed by atoms with Gasteiger partial charge in [-0.15, -0.1) is 0 Å². The Morgan fingerprint density at radius 3 is 2.67 bits per heavy atom. The highest BCUT2D eigenvalue weighted by molar-refractivity contribution is 5.94. The molecule has 2 aliphatic heterocycles. The number of nitrogens with one attached hydrogen (secondary N) is 1. The van der Waals surface area contributed by atoms with E-state index in [2.05, 4.69) is 22.2 Å². The molecule has 0 radical (unpaired) electrons. The summed E-state index contributed by atoms with van der Waals surface area (Å²) in [6, 6.07) is 11.6. The van der Waals surface area contributed by atoms with Crippen LogP contribution in [0.2, 0.25) is 0 Å². The number of amides is 1. The smallest absolute Gasteiger partial charge is 0.270 e. The van der Waals surface area contributed by atoms with Gasteiger partial charge in [-0.05, 0) is 30.8 Å². The molecule has 9 heteroatoms. The number of nitrogens with zero attached hydrogens (tertiary/aromatic N) is 3. The number of carbonyl (C=O) groups is 1. The zero-order valence-corrected chi connectivity index (χ0v) is 16.7. The minimum Gasteiger partial charge on any atom is -0.454 e. The number of likely N-dealkylation sites (N-methyl/N-ethyl adjacent to an activating group) is 1. The van der Waals surface area contributed by atoms with E-state index in [1.165, 1.54) is 18.2 Å².